The number of nitrogens with one attached hydrogen (secondary N) is 1. The van der Waals surface area contributed by atoms with Crippen molar-refractivity contribution in [3.8, 4) is 0 Å². The molecule has 0 saturated carbocycles. The Morgan fingerprint density at radius 3 is 2.47 bits per heavy atom. The third-order valence-electron chi connectivity index (χ3n) is 2.92. The van der Waals surface area contributed by atoms with Crippen LogP contribution >= 0.6 is 11.6 Å². The van der Waals surface area contributed by atoms with E-state index in [-0.39, 0.29) is 12.6 Å². The highest BCUT2D eigenvalue weighted by Gasteiger charge is 2.14. The summed E-state index contributed by atoms with van der Waals surface area (Å²) in [6, 6.07) is 8.12. The number of nitrogens with two attached hydrogens (primary N) is 1. The van der Waals surface area contributed by atoms with Gasteiger partial charge in [0, 0.05) is 30.3 Å². The minimum atomic E-state index is 0.115. The maximum Gasteiger partial charge on any atom is 0.0446 e. The van der Waals surface area contributed by atoms with Gasteiger partial charge < -0.3 is 16.2 Å². The zero-order chi connectivity index (χ0) is 12.7. The van der Waals surface area contributed by atoms with Crippen LogP contribution in [0.4, 0.5) is 0 Å². The molecule has 0 fully saturated rings. The van der Waals surface area contributed by atoms with Crippen molar-refractivity contribution in [3.63, 3.8) is 0 Å². The smallest absolute Gasteiger partial charge is 0.0446 e. The van der Waals surface area contributed by atoms with E-state index in [9.17, 15) is 0 Å². The van der Waals surface area contributed by atoms with Crippen molar-refractivity contribution < 1.29 is 5.11 Å². The molecular formula is C13H21ClN2O. The maximum atomic E-state index is 8.97. The Balaban J connectivity index is 2.67. The highest BCUT2D eigenvalue weighted by molar-refractivity contribution is 6.30. The molecule has 0 saturated heterocycles. The second-order valence-electron chi connectivity index (χ2n) is 4.12. The number of aliphatic hydroxyl groups is 1. The molecule has 17 heavy (non-hydrogen) atoms. The first-order valence-electron chi connectivity index (χ1n) is 6.03. The minimum absolute atomic E-state index is 0.115. The summed E-state index contributed by atoms with van der Waals surface area (Å²) in [5.74, 6) is 0. The topological polar surface area (TPSA) is 58.3 Å². The first-order valence-corrected chi connectivity index (χ1v) is 6.41. The molecule has 0 radical (unpaired) electrons. The standard InChI is InChI=1S/C13H21ClN2O/c1-2-12(7-8-17)16-13(9-15)10-3-5-11(14)6-4-10/h3-6,12-13,16-17H,2,7-9,15H2,1H3. The monoisotopic (exact) mass is 256 g/mol. The minimum Gasteiger partial charge on any atom is -0.396 e. The first kappa shape index (κ1) is 14.5. The number of hydrogen-bond donors (Lipinski definition) is 3. The molecule has 2 atom stereocenters. The highest BCUT2D eigenvalue weighted by Crippen LogP contribution is 2.17. The van der Waals surface area contributed by atoms with Crippen molar-refractivity contribution >= 4 is 11.6 Å². The van der Waals surface area contributed by atoms with Crippen LogP contribution in [0.3, 0.4) is 0 Å². The summed E-state index contributed by atoms with van der Waals surface area (Å²) in [4.78, 5) is 0. The third kappa shape index (κ3) is 4.64. The molecule has 1 aromatic carbocycles. The summed E-state index contributed by atoms with van der Waals surface area (Å²) in [5.41, 5.74) is 6.92. The van der Waals surface area contributed by atoms with Crippen LogP contribution in [0.1, 0.15) is 31.4 Å². The summed E-state index contributed by atoms with van der Waals surface area (Å²) in [6.07, 6.45) is 1.73. The number of halogens is 1. The van der Waals surface area contributed by atoms with Gasteiger partial charge in [-0.25, -0.2) is 0 Å². The molecule has 0 aliphatic heterocycles. The fraction of sp³-hybridized carbons (Fsp3) is 0.538. The predicted molar refractivity (Wildman–Crippen MR) is 72.2 cm³/mol. The quantitative estimate of drug-likeness (QED) is 0.700. The van der Waals surface area contributed by atoms with Crippen molar-refractivity contribution in [1.82, 2.24) is 5.32 Å². The van der Waals surface area contributed by atoms with Gasteiger partial charge in [-0.05, 0) is 30.5 Å². The number of aliphatic hydroxyl groups excluding tert-OH is 1. The van der Waals surface area contributed by atoms with E-state index in [1.165, 1.54) is 0 Å². The van der Waals surface area contributed by atoms with Gasteiger partial charge in [-0.1, -0.05) is 30.7 Å². The highest BCUT2D eigenvalue weighted by atomic mass is 35.5. The maximum absolute atomic E-state index is 8.97. The Morgan fingerprint density at radius 2 is 2.00 bits per heavy atom. The van der Waals surface area contributed by atoms with Crippen molar-refractivity contribution in [2.24, 2.45) is 5.73 Å². The van der Waals surface area contributed by atoms with E-state index >= 15 is 0 Å². The van der Waals surface area contributed by atoms with Crippen LogP contribution in [0.5, 0.6) is 0 Å². The average Bonchev–Trinajstić information content (AvgIpc) is 2.36. The molecule has 96 valence electrons. The van der Waals surface area contributed by atoms with Crippen molar-refractivity contribution in [2.45, 2.75) is 31.8 Å². The molecular weight excluding hydrogens is 236 g/mol. The molecule has 0 spiro atoms. The van der Waals surface area contributed by atoms with Crippen LogP contribution in [0, 0.1) is 0 Å². The lowest BCUT2D eigenvalue weighted by Gasteiger charge is -2.24. The van der Waals surface area contributed by atoms with Gasteiger partial charge >= 0.3 is 0 Å². The molecule has 0 aromatic heterocycles. The zero-order valence-corrected chi connectivity index (χ0v) is 11.0. The summed E-state index contributed by atoms with van der Waals surface area (Å²) in [7, 11) is 0. The Labute approximate surface area is 108 Å². The van der Waals surface area contributed by atoms with Gasteiger partial charge in [-0.15, -0.1) is 0 Å². The number of hydrogen-bond acceptors (Lipinski definition) is 3. The second-order valence-corrected chi connectivity index (χ2v) is 4.56. The lowest BCUT2D eigenvalue weighted by molar-refractivity contribution is 0.256. The molecule has 1 rings (SSSR count). The van der Waals surface area contributed by atoms with Crippen molar-refractivity contribution in [2.75, 3.05) is 13.2 Å². The Hall–Kier alpha value is -0.610. The summed E-state index contributed by atoms with van der Waals surface area (Å²) in [5, 5.41) is 13.2. The fourth-order valence-corrected chi connectivity index (χ4v) is 1.97. The summed E-state index contributed by atoms with van der Waals surface area (Å²) < 4.78 is 0. The van der Waals surface area contributed by atoms with Crippen molar-refractivity contribution in [3.05, 3.63) is 34.9 Å². The predicted octanol–water partition coefficient (Wildman–Crippen LogP) is 2.09. The third-order valence-corrected chi connectivity index (χ3v) is 3.17. The Bertz CT molecular complexity index is 316. The molecule has 4 heteroatoms. The van der Waals surface area contributed by atoms with Crippen LogP contribution in [0.15, 0.2) is 24.3 Å². The summed E-state index contributed by atoms with van der Waals surface area (Å²) in [6.45, 7) is 2.83. The zero-order valence-electron chi connectivity index (χ0n) is 10.2. The average molecular weight is 257 g/mol. The first-order chi connectivity index (χ1) is 8.21. The van der Waals surface area contributed by atoms with E-state index in [1.807, 2.05) is 24.3 Å². The summed E-state index contributed by atoms with van der Waals surface area (Å²) >= 11 is 5.86. The molecule has 1 aromatic rings. The largest absolute Gasteiger partial charge is 0.396 e. The number of rotatable bonds is 7. The molecule has 0 bridgehead atoms. The second kappa shape index (κ2) is 7.67. The van der Waals surface area contributed by atoms with Gasteiger partial charge in [-0.2, -0.15) is 0 Å². The fourth-order valence-electron chi connectivity index (χ4n) is 1.84. The van der Waals surface area contributed by atoms with E-state index < -0.39 is 0 Å². The molecule has 3 nitrogen and oxygen atoms in total. The van der Waals surface area contributed by atoms with E-state index in [0.717, 1.165) is 23.4 Å². The van der Waals surface area contributed by atoms with Crippen molar-refractivity contribution in [1.29, 1.82) is 0 Å². The van der Waals surface area contributed by atoms with E-state index in [2.05, 4.69) is 12.2 Å². The molecule has 0 aliphatic rings. The van der Waals surface area contributed by atoms with Gasteiger partial charge in [0.15, 0.2) is 0 Å². The molecule has 0 aliphatic carbocycles. The number of benzene rings is 1. The van der Waals surface area contributed by atoms with Gasteiger partial charge in [-0.3, -0.25) is 0 Å². The molecule has 0 heterocycles. The van der Waals surface area contributed by atoms with Crippen LogP contribution in [0.25, 0.3) is 0 Å². The van der Waals surface area contributed by atoms with E-state index in [0.29, 0.717) is 12.6 Å². The van der Waals surface area contributed by atoms with E-state index in [1.54, 1.807) is 0 Å². The Morgan fingerprint density at radius 1 is 1.35 bits per heavy atom. The van der Waals surface area contributed by atoms with E-state index in [4.69, 9.17) is 22.4 Å². The Kier molecular flexibility index (Phi) is 6.52. The van der Waals surface area contributed by atoms with Crippen LogP contribution in [0.2, 0.25) is 5.02 Å². The van der Waals surface area contributed by atoms with Crippen LogP contribution < -0.4 is 11.1 Å². The molecule has 4 N–H and O–H groups in total. The van der Waals surface area contributed by atoms with Gasteiger partial charge in [0.1, 0.15) is 0 Å². The van der Waals surface area contributed by atoms with Gasteiger partial charge in [0.25, 0.3) is 0 Å². The van der Waals surface area contributed by atoms with Crippen LogP contribution in [-0.4, -0.2) is 24.3 Å². The van der Waals surface area contributed by atoms with Crippen LogP contribution in [-0.2, 0) is 0 Å². The molecule has 2 unspecified atom stereocenters. The normalized spacial score (nSPS) is 14.6. The van der Waals surface area contributed by atoms with Gasteiger partial charge in [0.2, 0.25) is 0 Å². The lowest BCUT2D eigenvalue weighted by Crippen LogP contribution is -2.36. The van der Waals surface area contributed by atoms with Gasteiger partial charge in [0.05, 0.1) is 0 Å². The molecule has 0 amide bonds. The lowest BCUT2D eigenvalue weighted by atomic mass is 10.0. The SMILES string of the molecule is CCC(CCO)NC(CN)c1ccc(Cl)cc1.